The van der Waals surface area contributed by atoms with Crippen LogP contribution in [0, 0.1) is 0 Å². The molecule has 6 rings (SSSR count). The van der Waals surface area contributed by atoms with Crippen molar-refractivity contribution in [1.29, 1.82) is 0 Å². The minimum absolute atomic E-state index is 0.0885. The van der Waals surface area contributed by atoms with Crippen LogP contribution in [0.5, 0.6) is 0 Å². The predicted molar refractivity (Wildman–Crippen MR) is 134 cm³/mol. The van der Waals surface area contributed by atoms with Gasteiger partial charge >= 0.3 is 0 Å². The molecule has 2 aromatic rings. The van der Waals surface area contributed by atoms with E-state index in [0.29, 0.717) is 42.6 Å². The molecule has 0 spiro atoms. The highest BCUT2D eigenvalue weighted by atomic mass is 16.5. The number of likely N-dealkylation sites (N-methyl/N-ethyl adjacent to an activating group) is 1. The molecule has 2 unspecified atom stereocenters. The maximum atomic E-state index is 13.4. The van der Waals surface area contributed by atoms with E-state index in [2.05, 4.69) is 39.5 Å². The molecule has 2 fully saturated rings. The van der Waals surface area contributed by atoms with Gasteiger partial charge in [0.15, 0.2) is 0 Å². The number of hydrogen-bond acceptors (Lipinski definition) is 9. The Balaban J connectivity index is 1.19. The number of benzene rings is 1. The highest BCUT2D eigenvalue weighted by Gasteiger charge is 2.48. The molecule has 2 saturated heterocycles. The van der Waals surface area contributed by atoms with Crippen molar-refractivity contribution in [1.82, 2.24) is 30.2 Å². The average Bonchev–Trinajstić information content (AvgIpc) is 3.47. The van der Waals surface area contributed by atoms with Gasteiger partial charge in [-0.1, -0.05) is 23.4 Å². The minimum atomic E-state index is -0.980. The lowest BCUT2D eigenvalue weighted by Gasteiger charge is -2.30. The molecule has 4 aliphatic heterocycles. The van der Waals surface area contributed by atoms with Gasteiger partial charge in [0.25, 0.3) is 11.8 Å². The second-order valence-electron chi connectivity index (χ2n) is 10.5. The number of carbonyl (C=O) groups is 4. The van der Waals surface area contributed by atoms with Crippen LogP contribution >= 0.6 is 0 Å². The topological polar surface area (TPSA) is 129 Å². The van der Waals surface area contributed by atoms with Crippen molar-refractivity contribution >= 4 is 23.6 Å². The van der Waals surface area contributed by atoms with Gasteiger partial charge < -0.3 is 14.3 Å². The number of likely N-dealkylation sites (tertiary alicyclic amines) is 1. The van der Waals surface area contributed by atoms with Gasteiger partial charge in [0.05, 0.1) is 6.54 Å². The van der Waals surface area contributed by atoms with Crippen LogP contribution < -0.4 is 5.32 Å². The molecule has 1 aromatic carbocycles. The summed E-state index contributed by atoms with van der Waals surface area (Å²) in [5.74, 6) is -0.680. The van der Waals surface area contributed by atoms with Crippen molar-refractivity contribution in [2.45, 2.75) is 57.0 Å². The van der Waals surface area contributed by atoms with Crippen LogP contribution in [0.4, 0.5) is 0 Å². The lowest BCUT2D eigenvalue weighted by atomic mass is 9.90. The van der Waals surface area contributed by atoms with Crippen molar-refractivity contribution < 1.29 is 23.7 Å². The zero-order chi connectivity index (χ0) is 26.4. The Labute approximate surface area is 219 Å². The van der Waals surface area contributed by atoms with Crippen molar-refractivity contribution in [3.05, 3.63) is 47.0 Å². The van der Waals surface area contributed by atoms with E-state index in [4.69, 9.17) is 4.52 Å². The van der Waals surface area contributed by atoms with Crippen LogP contribution in [0.2, 0.25) is 0 Å². The molecule has 5 heterocycles. The van der Waals surface area contributed by atoms with Crippen LogP contribution in [0.15, 0.2) is 40.1 Å². The monoisotopic (exact) mass is 518 g/mol. The first kappa shape index (κ1) is 24.5. The molecule has 198 valence electrons. The summed E-state index contributed by atoms with van der Waals surface area (Å²) < 4.78 is 5.56. The van der Waals surface area contributed by atoms with Crippen LogP contribution in [0.3, 0.4) is 0 Å². The largest absolute Gasteiger partial charge is 0.357 e. The van der Waals surface area contributed by atoms with Crippen LogP contribution in [0.25, 0.3) is 11.4 Å². The summed E-state index contributed by atoms with van der Waals surface area (Å²) in [6, 6.07) is 7.27. The van der Waals surface area contributed by atoms with E-state index in [1.54, 1.807) is 4.90 Å². The number of imide groups is 2. The Morgan fingerprint density at radius 2 is 1.92 bits per heavy atom. The van der Waals surface area contributed by atoms with E-state index in [-0.39, 0.29) is 25.1 Å². The molecule has 0 bridgehead atoms. The number of nitrogens with zero attached hydrogens (tertiary/aromatic N) is 5. The van der Waals surface area contributed by atoms with E-state index in [9.17, 15) is 19.2 Å². The molecule has 4 amide bonds. The molecule has 0 radical (unpaired) electrons. The smallest absolute Gasteiger partial charge is 0.278 e. The average molecular weight is 519 g/mol. The van der Waals surface area contributed by atoms with E-state index in [1.165, 1.54) is 12.0 Å². The lowest BCUT2D eigenvalue weighted by Crippen LogP contribution is -2.55. The van der Waals surface area contributed by atoms with Gasteiger partial charge in [0.1, 0.15) is 11.7 Å². The summed E-state index contributed by atoms with van der Waals surface area (Å²) >= 11 is 0. The third-order valence-corrected chi connectivity index (χ3v) is 7.91. The number of rotatable bonds is 5. The maximum Gasteiger partial charge on any atom is 0.278 e. The summed E-state index contributed by atoms with van der Waals surface area (Å²) in [7, 11) is 2.15. The van der Waals surface area contributed by atoms with Gasteiger partial charge in [-0.3, -0.25) is 29.4 Å². The fraction of sp³-hybridized carbons (Fsp3) is 0.481. The molecule has 11 nitrogen and oxygen atoms in total. The van der Waals surface area contributed by atoms with Crippen LogP contribution in [-0.4, -0.2) is 81.2 Å². The number of hydrogen-bond donors (Lipinski definition) is 1. The Hall–Kier alpha value is -3.86. The van der Waals surface area contributed by atoms with Crippen molar-refractivity contribution in [2.75, 3.05) is 26.7 Å². The number of aromatic nitrogens is 2. The highest BCUT2D eigenvalue weighted by Crippen LogP contribution is 2.35. The second kappa shape index (κ2) is 9.79. The van der Waals surface area contributed by atoms with E-state index < -0.39 is 29.7 Å². The number of carbonyl (C=O) groups excluding carboxylic acids is 4. The van der Waals surface area contributed by atoms with E-state index >= 15 is 0 Å². The zero-order valence-corrected chi connectivity index (χ0v) is 21.3. The van der Waals surface area contributed by atoms with E-state index in [1.807, 2.05) is 12.1 Å². The molecule has 0 aliphatic carbocycles. The summed E-state index contributed by atoms with van der Waals surface area (Å²) in [5, 5.41) is 6.42. The summed E-state index contributed by atoms with van der Waals surface area (Å²) in [4.78, 5) is 60.2. The lowest BCUT2D eigenvalue weighted by molar-refractivity contribution is -0.150. The fourth-order valence-corrected chi connectivity index (χ4v) is 6.03. The molecule has 4 aliphatic rings. The molecule has 11 heteroatoms. The maximum absolute atomic E-state index is 13.4. The second-order valence-corrected chi connectivity index (χ2v) is 10.5. The van der Waals surface area contributed by atoms with Crippen molar-refractivity contribution in [3.8, 4) is 11.4 Å². The standard InChI is InChI=1S/C27H30N6O5/c1-31-11-3-7-18(14-31)16-5-2-6-17(13-16)24-29-22(38-30-24)15-32-12-4-8-19-23(32)27(37)33(26(19)36)20-9-10-21(34)28-25(20)35/h2,5-6,13,18,20H,3-4,7-12,14-15H2,1H3,(H,28,34,35). The summed E-state index contributed by atoms with van der Waals surface area (Å²) in [6.45, 7) is 2.87. The minimum Gasteiger partial charge on any atom is -0.357 e. The van der Waals surface area contributed by atoms with Gasteiger partial charge in [0, 0.05) is 30.6 Å². The summed E-state index contributed by atoms with van der Waals surface area (Å²) in [6.07, 6.45) is 3.68. The van der Waals surface area contributed by atoms with Gasteiger partial charge in [-0.2, -0.15) is 4.98 Å². The Morgan fingerprint density at radius 3 is 2.74 bits per heavy atom. The zero-order valence-electron chi connectivity index (χ0n) is 21.3. The SMILES string of the molecule is CN1CCCC(c2cccc(-c3noc(CN4CCCC5=C4C(=O)N(C4CCC(=O)NC4=O)C5=O)n3)c2)C1. The molecular formula is C27H30N6O5. The number of piperidine rings is 2. The summed E-state index contributed by atoms with van der Waals surface area (Å²) in [5.41, 5.74) is 2.82. The quantitative estimate of drug-likeness (QED) is 0.587. The molecular weight excluding hydrogens is 488 g/mol. The third kappa shape index (κ3) is 4.40. The van der Waals surface area contributed by atoms with Gasteiger partial charge in [-0.05, 0) is 63.2 Å². The van der Waals surface area contributed by atoms with Gasteiger partial charge in [0.2, 0.25) is 23.5 Å². The Bertz CT molecular complexity index is 1350. The molecule has 2 atom stereocenters. The number of nitrogens with one attached hydrogen (secondary N) is 1. The predicted octanol–water partition coefficient (Wildman–Crippen LogP) is 1.57. The first-order valence-electron chi connectivity index (χ1n) is 13.2. The first-order chi connectivity index (χ1) is 18.4. The highest BCUT2D eigenvalue weighted by molar-refractivity contribution is 6.21. The normalized spacial score (nSPS) is 24.8. The van der Waals surface area contributed by atoms with Crippen LogP contribution in [0.1, 0.15) is 55.9 Å². The van der Waals surface area contributed by atoms with Gasteiger partial charge in [-0.25, -0.2) is 0 Å². The number of amides is 4. The molecule has 38 heavy (non-hydrogen) atoms. The van der Waals surface area contributed by atoms with Crippen LogP contribution in [-0.2, 0) is 25.7 Å². The van der Waals surface area contributed by atoms with Crippen molar-refractivity contribution in [2.24, 2.45) is 0 Å². The molecule has 1 N–H and O–H groups in total. The fourth-order valence-electron chi connectivity index (χ4n) is 6.03. The Morgan fingerprint density at radius 1 is 1.05 bits per heavy atom. The first-order valence-corrected chi connectivity index (χ1v) is 13.2. The molecule has 1 aromatic heterocycles. The van der Waals surface area contributed by atoms with E-state index in [0.717, 1.165) is 30.0 Å². The van der Waals surface area contributed by atoms with Crippen molar-refractivity contribution in [3.63, 3.8) is 0 Å². The Kier molecular flexibility index (Phi) is 6.30. The third-order valence-electron chi connectivity index (χ3n) is 7.91. The van der Waals surface area contributed by atoms with Gasteiger partial charge in [-0.15, -0.1) is 0 Å². The molecule has 0 saturated carbocycles.